The van der Waals surface area contributed by atoms with Crippen molar-refractivity contribution < 1.29 is 69.1 Å². The van der Waals surface area contributed by atoms with Gasteiger partial charge in [0.05, 0.1) is 18.9 Å². The first-order valence-corrected chi connectivity index (χ1v) is 3.77. The van der Waals surface area contributed by atoms with E-state index in [0.29, 0.717) is 0 Å². The van der Waals surface area contributed by atoms with E-state index < -0.39 is 18.0 Å². The molecule has 0 aromatic heterocycles. The molecule has 74 valence electrons. The molecule has 1 rings (SSSR count). The van der Waals surface area contributed by atoms with Gasteiger partial charge in [-0.1, -0.05) is 6.07 Å². The van der Waals surface area contributed by atoms with E-state index in [1.165, 1.54) is 18.2 Å². The van der Waals surface area contributed by atoms with Crippen LogP contribution in [0.2, 0.25) is 0 Å². The third-order valence-electron chi connectivity index (χ3n) is 1.73. The fourth-order valence-corrected chi connectivity index (χ4v) is 1.16. The van der Waals surface area contributed by atoms with Crippen LogP contribution < -0.4 is 61.6 Å². The van der Waals surface area contributed by atoms with Crippen molar-refractivity contribution >= 4 is 12.4 Å². The Kier molecular flexibility index (Phi) is 5.92. The zero-order chi connectivity index (χ0) is 10.8. The smallest absolute Gasteiger partial charge is 0.500 e. The first kappa shape index (κ1) is 15.0. The van der Waals surface area contributed by atoms with Gasteiger partial charge in [-0.15, -0.1) is 0 Å². The van der Waals surface area contributed by atoms with Gasteiger partial charge in [0.2, 0.25) is 0 Å². The summed E-state index contributed by atoms with van der Waals surface area (Å²) in [4.78, 5) is 0. The minimum Gasteiger partial charge on any atom is -0.500 e. The largest absolute Gasteiger partial charge is 1.00 e. The van der Waals surface area contributed by atoms with Gasteiger partial charge in [-0.05, 0) is 17.6 Å². The fraction of sp³-hybridized carbons (Fsp3) is 0.125. The molecule has 0 bridgehead atoms. The number of nitriles is 1. The van der Waals surface area contributed by atoms with E-state index in [0.717, 1.165) is 13.2 Å². The van der Waals surface area contributed by atoms with Crippen molar-refractivity contribution in [1.29, 1.82) is 5.26 Å². The normalized spacial score (nSPS) is 10.1. The Balaban J connectivity index is 0.00000196. The predicted molar refractivity (Wildman–Crippen MR) is 46.4 cm³/mol. The number of benzene rings is 1. The van der Waals surface area contributed by atoms with E-state index in [1.807, 2.05) is 0 Å². The van der Waals surface area contributed by atoms with E-state index in [4.69, 9.17) is 5.26 Å². The second-order valence-corrected chi connectivity index (χ2v) is 2.61. The molecule has 0 unspecified atom stereocenters. The number of nitrogens with zero attached hydrogens (tertiary/aromatic N) is 1. The van der Waals surface area contributed by atoms with Crippen molar-refractivity contribution in [2.75, 3.05) is 7.11 Å². The molecule has 0 spiro atoms. The number of hydrogen-bond acceptors (Lipinski definition) is 2. The monoisotopic (exact) mass is 239 g/mol. The molecule has 15 heavy (non-hydrogen) atoms. The average Bonchev–Trinajstić information content (AvgIpc) is 2.15. The SMILES string of the molecule is COc1cccc(C#N)c1[B-](F)(F)F.[K+]. The molecule has 0 heterocycles. The van der Waals surface area contributed by atoms with Gasteiger partial charge in [0.15, 0.2) is 0 Å². The molecular weight excluding hydrogens is 233 g/mol. The number of halogens is 3. The molecule has 0 aliphatic carbocycles. The summed E-state index contributed by atoms with van der Waals surface area (Å²) in [6.45, 7) is -5.22. The molecule has 0 N–H and O–H groups in total. The molecule has 1 aromatic carbocycles. The van der Waals surface area contributed by atoms with E-state index in [1.54, 1.807) is 0 Å². The Morgan fingerprint density at radius 2 is 1.93 bits per heavy atom. The van der Waals surface area contributed by atoms with Crippen LogP contribution in [0.5, 0.6) is 5.75 Å². The molecular formula is C8H6BF3KNO. The van der Waals surface area contributed by atoms with Crippen molar-refractivity contribution in [3.63, 3.8) is 0 Å². The van der Waals surface area contributed by atoms with Crippen LogP contribution in [0.15, 0.2) is 18.2 Å². The quantitative estimate of drug-likeness (QED) is 0.596. The summed E-state index contributed by atoms with van der Waals surface area (Å²) in [6.07, 6.45) is 0. The first-order chi connectivity index (χ1) is 6.50. The van der Waals surface area contributed by atoms with Crippen molar-refractivity contribution in [1.82, 2.24) is 0 Å². The summed E-state index contributed by atoms with van der Waals surface area (Å²) < 4.78 is 42.1. The summed E-state index contributed by atoms with van der Waals surface area (Å²) in [5.41, 5.74) is -1.37. The molecule has 0 saturated heterocycles. The van der Waals surface area contributed by atoms with Gasteiger partial charge < -0.3 is 17.7 Å². The zero-order valence-corrected chi connectivity index (χ0v) is 11.4. The molecule has 0 atom stereocenters. The van der Waals surface area contributed by atoms with Gasteiger partial charge in [0.1, 0.15) is 0 Å². The molecule has 0 amide bonds. The third-order valence-corrected chi connectivity index (χ3v) is 1.73. The maximum atomic E-state index is 12.5. The summed E-state index contributed by atoms with van der Waals surface area (Å²) in [6, 6.07) is 5.15. The summed E-state index contributed by atoms with van der Waals surface area (Å²) in [7, 11) is 1.14. The van der Waals surface area contributed by atoms with Gasteiger partial charge in [0, 0.05) is 5.56 Å². The van der Waals surface area contributed by atoms with Crippen molar-refractivity contribution in [3.8, 4) is 11.8 Å². The van der Waals surface area contributed by atoms with Gasteiger partial charge in [0.25, 0.3) is 0 Å². The Labute approximate surface area is 128 Å². The summed E-state index contributed by atoms with van der Waals surface area (Å²) >= 11 is 0. The molecule has 0 aliphatic heterocycles. The second-order valence-electron chi connectivity index (χ2n) is 2.61. The van der Waals surface area contributed by atoms with Gasteiger partial charge in [-0.3, -0.25) is 0 Å². The third kappa shape index (κ3) is 3.50. The summed E-state index contributed by atoms with van der Waals surface area (Å²) in [5.74, 6) is -0.309. The van der Waals surface area contributed by atoms with Crippen LogP contribution in [-0.4, -0.2) is 14.1 Å². The number of methoxy groups -OCH3 is 1. The maximum Gasteiger partial charge on any atom is 1.00 e. The molecule has 1 aromatic rings. The Bertz CT molecular complexity index is 388. The van der Waals surface area contributed by atoms with Crippen LogP contribution in [-0.2, 0) is 0 Å². The molecule has 0 saturated carbocycles. The topological polar surface area (TPSA) is 33.0 Å². The number of rotatable bonds is 2. The molecule has 2 nitrogen and oxygen atoms in total. The van der Waals surface area contributed by atoms with Gasteiger partial charge >= 0.3 is 58.4 Å². The van der Waals surface area contributed by atoms with E-state index >= 15 is 0 Å². The average molecular weight is 239 g/mol. The standard InChI is InChI=1S/C8H6BF3NO.K/c1-14-7-4-2-3-6(5-13)8(7)9(10,11)12;/h2-4H,1H3;/q-1;+1. The molecule has 0 fully saturated rings. The van der Waals surface area contributed by atoms with Gasteiger partial charge in [-0.25, -0.2) is 0 Å². The predicted octanol–water partition coefficient (Wildman–Crippen LogP) is -1.37. The second kappa shape index (κ2) is 5.92. The molecule has 7 heteroatoms. The van der Waals surface area contributed by atoms with Crippen molar-refractivity contribution in [2.24, 2.45) is 0 Å². The number of hydrogen-bond donors (Lipinski definition) is 0. The van der Waals surface area contributed by atoms with Crippen molar-refractivity contribution in [3.05, 3.63) is 23.8 Å². The zero-order valence-electron chi connectivity index (χ0n) is 8.30. The van der Waals surface area contributed by atoms with Crippen LogP contribution in [0.3, 0.4) is 0 Å². The van der Waals surface area contributed by atoms with Crippen LogP contribution >= 0.6 is 0 Å². The van der Waals surface area contributed by atoms with Crippen LogP contribution in [0.1, 0.15) is 5.56 Å². The number of ether oxygens (including phenoxy) is 1. The van der Waals surface area contributed by atoms with Crippen molar-refractivity contribution in [2.45, 2.75) is 0 Å². The summed E-state index contributed by atoms with van der Waals surface area (Å²) in [5, 5.41) is 8.51. The first-order valence-electron chi connectivity index (χ1n) is 3.77. The van der Waals surface area contributed by atoms with Crippen LogP contribution in [0.25, 0.3) is 0 Å². The minimum atomic E-state index is -5.22. The Hall–Kier alpha value is 0.00130. The van der Waals surface area contributed by atoms with Crippen LogP contribution in [0.4, 0.5) is 12.9 Å². The van der Waals surface area contributed by atoms with E-state index in [2.05, 4.69) is 4.74 Å². The Morgan fingerprint density at radius 1 is 1.33 bits per heavy atom. The fourth-order valence-electron chi connectivity index (χ4n) is 1.16. The van der Waals surface area contributed by atoms with Gasteiger partial charge in [-0.2, -0.15) is 5.26 Å². The molecule has 0 radical (unpaired) electrons. The van der Waals surface area contributed by atoms with Crippen LogP contribution in [0, 0.1) is 11.3 Å². The van der Waals surface area contributed by atoms with E-state index in [9.17, 15) is 12.9 Å². The maximum absolute atomic E-state index is 12.5. The Morgan fingerprint density at radius 3 is 2.33 bits per heavy atom. The minimum absolute atomic E-state index is 0. The molecule has 0 aliphatic rings. The van der Waals surface area contributed by atoms with E-state index in [-0.39, 0.29) is 57.1 Å².